The molecule has 4 fully saturated rings. The maximum Gasteiger partial charge on any atom is 0.319 e. The maximum atomic E-state index is 14.5. The van der Waals surface area contributed by atoms with E-state index < -0.39 is 6.17 Å². The Morgan fingerprint density at radius 3 is 2.98 bits per heavy atom. The quantitative estimate of drug-likeness (QED) is 0.338. The van der Waals surface area contributed by atoms with Crippen LogP contribution < -0.4 is 19.7 Å². The Balaban J connectivity index is 1.21. The highest BCUT2D eigenvalue weighted by atomic mass is 19.1. The Bertz CT molecular complexity index is 1800. The van der Waals surface area contributed by atoms with E-state index in [1.165, 1.54) is 5.56 Å². The molecule has 0 unspecified atom stereocenters. The molecule has 9 nitrogen and oxygen atoms in total. The first-order chi connectivity index (χ1) is 21.5. The summed E-state index contributed by atoms with van der Waals surface area (Å²) in [5, 5.41) is 17.3. The summed E-state index contributed by atoms with van der Waals surface area (Å²) in [7, 11) is 0. The van der Waals surface area contributed by atoms with Crippen molar-refractivity contribution >= 4 is 27.5 Å². The van der Waals surface area contributed by atoms with Crippen LogP contribution in [0.25, 0.3) is 32.9 Å². The number of rotatable bonds is 5. The van der Waals surface area contributed by atoms with Gasteiger partial charge >= 0.3 is 6.01 Å². The third-order valence-corrected chi connectivity index (χ3v) is 10.8. The van der Waals surface area contributed by atoms with E-state index in [1.807, 2.05) is 18.2 Å². The molecule has 228 valence electrons. The van der Waals surface area contributed by atoms with Crippen LogP contribution in [0.5, 0.6) is 17.6 Å². The molecule has 0 amide bonds. The number of aromatic nitrogens is 3. The summed E-state index contributed by atoms with van der Waals surface area (Å²) in [4.78, 5) is 19.7. The lowest BCUT2D eigenvalue weighted by Gasteiger charge is -2.40. The van der Waals surface area contributed by atoms with Crippen LogP contribution in [0.3, 0.4) is 0 Å². The minimum absolute atomic E-state index is 0.108. The summed E-state index contributed by atoms with van der Waals surface area (Å²) in [5.74, 6) is 1.49. The van der Waals surface area contributed by atoms with Gasteiger partial charge in [-0.3, -0.25) is 4.90 Å². The molecule has 2 aromatic heterocycles. The number of halogens is 1. The molecule has 7 heterocycles. The summed E-state index contributed by atoms with van der Waals surface area (Å²) < 4.78 is 27.5. The van der Waals surface area contributed by atoms with Gasteiger partial charge in [0.05, 0.1) is 22.8 Å². The smallest absolute Gasteiger partial charge is 0.319 e. The zero-order valence-electron chi connectivity index (χ0n) is 24.9. The fourth-order valence-electron chi connectivity index (χ4n) is 8.73. The second-order valence-corrected chi connectivity index (χ2v) is 13.3. The Kier molecular flexibility index (Phi) is 5.97. The number of aromatic hydroxyl groups is 1. The number of anilines is 1. The normalized spacial score (nSPS) is 29.1. The molecule has 2 bridgehead atoms. The van der Waals surface area contributed by atoms with Gasteiger partial charge in [-0.25, -0.2) is 9.37 Å². The second kappa shape index (κ2) is 9.87. The van der Waals surface area contributed by atoms with E-state index in [4.69, 9.17) is 24.4 Å². The van der Waals surface area contributed by atoms with E-state index in [0.717, 1.165) is 72.7 Å². The number of nitrogens with one attached hydrogen (secondary N) is 1. The molecule has 4 saturated heterocycles. The van der Waals surface area contributed by atoms with Crippen molar-refractivity contribution in [3.05, 3.63) is 42.0 Å². The molecule has 9 rings (SSSR count). The molecule has 4 aromatic rings. The van der Waals surface area contributed by atoms with Crippen LogP contribution in [0.1, 0.15) is 44.6 Å². The van der Waals surface area contributed by atoms with E-state index in [0.29, 0.717) is 61.4 Å². The Hall–Kier alpha value is -3.76. The molecule has 5 atom stereocenters. The topological polar surface area (TPSA) is 95.9 Å². The van der Waals surface area contributed by atoms with Gasteiger partial charge in [-0.15, -0.1) is 0 Å². The van der Waals surface area contributed by atoms with Gasteiger partial charge in [-0.2, -0.15) is 9.97 Å². The van der Waals surface area contributed by atoms with Gasteiger partial charge in [0.1, 0.15) is 36.3 Å². The molecule has 44 heavy (non-hydrogen) atoms. The van der Waals surface area contributed by atoms with Crippen LogP contribution in [-0.4, -0.2) is 87.6 Å². The Morgan fingerprint density at radius 1 is 1.14 bits per heavy atom. The molecular formula is C34H37FN6O3. The van der Waals surface area contributed by atoms with Crippen molar-refractivity contribution in [2.24, 2.45) is 0 Å². The van der Waals surface area contributed by atoms with Crippen LogP contribution in [0.4, 0.5) is 10.2 Å². The molecule has 5 aliphatic rings. The predicted octanol–water partition coefficient (Wildman–Crippen LogP) is 4.77. The van der Waals surface area contributed by atoms with Crippen molar-refractivity contribution < 1.29 is 19.0 Å². The molecule has 0 spiro atoms. The van der Waals surface area contributed by atoms with Crippen LogP contribution in [0.15, 0.2) is 36.4 Å². The number of benzene rings is 2. The summed E-state index contributed by atoms with van der Waals surface area (Å²) in [6.07, 6.45) is 4.73. The molecule has 10 heteroatoms. The van der Waals surface area contributed by atoms with Crippen molar-refractivity contribution in [1.29, 1.82) is 0 Å². The number of hydrogen-bond donors (Lipinski definition) is 2. The lowest BCUT2D eigenvalue weighted by molar-refractivity contribution is 0.107. The number of fused-ring (bicyclic) bond motifs is 7. The minimum atomic E-state index is -0.823. The predicted molar refractivity (Wildman–Crippen MR) is 166 cm³/mol. The minimum Gasteiger partial charge on any atom is -0.508 e. The molecule has 2 aromatic carbocycles. The number of ether oxygens (including phenoxy) is 2. The number of aryl methyl sites for hydroxylation is 1. The van der Waals surface area contributed by atoms with Gasteiger partial charge in [0.2, 0.25) is 5.88 Å². The van der Waals surface area contributed by atoms with Gasteiger partial charge < -0.3 is 24.8 Å². The summed E-state index contributed by atoms with van der Waals surface area (Å²) in [5.41, 5.74) is 3.10. The van der Waals surface area contributed by atoms with Gasteiger partial charge in [0.15, 0.2) is 0 Å². The van der Waals surface area contributed by atoms with Gasteiger partial charge in [0.25, 0.3) is 0 Å². The summed E-state index contributed by atoms with van der Waals surface area (Å²) in [6, 6.07) is 12.9. The van der Waals surface area contributed by atoms with E-state index >= 15 is 0 Å². The Labute approximate surface area is 255 Å². The van der Waals surface area contributed by atoms with Crippen molar-refractivity contribution in [2.75, 3.05) is 37.7 Å². The highest BCUT2D eigenvalue weighted by molar-refractivity contribution is 6.02. The zero-order valence-corrected chi connectivity index (χ0v) is 24.9. The first-order valence-corrected chi connectivity index (χ1v) is 16.1. The number of piperazine rings is 1. The number of nitrogens with zero attached hydrogens (tertiary/aromatic N) is 5. The van der Waals surface area contributed by atoms with E-state index in [1.54, 1.807) is 12.1 Å². The van der Waals surface area contributed by atoms with Crippen molar-refractivity contribution in [3.8, 4) is 28.9 Å². The monoisotopic (exact) mass is 596 g/mol. The van der Waals surface area contributed by atoms with Gasteiger partial charge in [-0.1, -0.05) is 25.1 Å². The van der Waals surface area contributed by atoms with Crippen LogP contribution >= 0.6 is 0 Å². The standard InChI is InChI=1S/C34H37FN6O3/c1-2-19-5-3-6-20-11-23(42)12-24(29(19)20)26-13-27-30-31(41-16-22-7-8-25(36-22)28(41)17-43-32(30)37-26)39-33(38-27)44-18-34-9-4-10-40(34)15-21(35)14-34/h3,5-6,11-13,21-22,25,28,36,42H,2,4,7-10,14-18H2,1H3/t21-,22+,25-,28+,34+/m1/s1. The largest absolute Gasteiger partial charge is 0.508 e. The van der Waals surface area contributed by atoms with Crippen molar-refractivity contribution in [1.82, 2.24) is 25.2 Å². The van der Waals surface area contributed by atoms with E-state index in [2.05, 4.69) is 28.1 Å². The SMILES string of the molecule is CCc1cccc2cc(O)cc(-c3cc4nc(OC[C@@]56CCCN5C[C@H](F)C6)nc5c4c(n3)OC[C@H]3[C@H]4CC[C@@H](CN53)N4)c12. The molecule has 5 aliphatic heterocycles. The number of alkyl halides is 1. The van der Waals surface area contributed by atoms with Gasteiger partial charge in [-0.05, 0) is 73.2 Å². The average molecular weight is 597 g/mol. The summed E-state index contributed by atoms with van der Waals surface area (Å²) in [6.45, 7) is 5.21. The number of phenolic OH excluding ortho intramolecular Hbond substituents is 1. The molecule has 0 radical (unpaired) electrons. The molecule has 0 saturated carbocycles. The third-order valence-electron chi connectivity index (χ3n) is 10.8. The van der Waals surface area contributed by atoms with Crippen molar-refractivity contribution in [2.45, 2.75) is 75.3 Å². The van der Waals surface area contributed by atoms with Crippen molar-refractivity contribution in [3.63, 3.8) is 0 Å². The van der Waals surface area contributed by atoms with E-state index in [-0.39, 0.29) is 17.3 Å². The van der Waals surface area contributed by atoms with E-state index in [9.17, 15) is 9.50 Å². The fourth-order valence-corrected chi connectivity index (χ4v) is 8.73. The lowest BCUT2D eigenvalue weighted by atomic mass is 9.95. The van der Waals surface area contributed by atoms with Crippen LogP contribution in [0, 0.1) is 0 Å². The number of pyridine rings is 1. The number of phenols is 1. The molecule has 0 aliphatic carbocycles. The second-order valence-electron chi connectivity index (χ2n) is 13.3. The van der Waals surface area contributed by atoms with Crippen LogP contribution in [0.2, 0.25) is 0 Å². The lowest BCUT2D eigenvalue weighted by Crippen LogP contribution is -2.60. The zero-order chi connectivity index (χ0) is 29.6. The Morgan fingerprint density at radius 2 is 2.07 bits per heavy atom. The average Bonchev–Trinajstić information content (AvgIpc) is 3.66. The highest BCUT2D eigenvalue weighted by Crippen LogP contribution is 2.44. The van der Waals surface area contributed by atoms with Crippen LogP contribution in [-0.2, 0) is 6.42 Å². The molecule has 2 N–H and O–H groups in total. The van der Waals surface area contributed by atoms with Gasteiger partial charge in [0, 0.05) is 37.2 Å². The first kappa shape index (κ1) is 26.6. The third kappa shape index (κ3) is 4.06. The maximum absolute atomic E-state index is 14.5. The fraction of sp³-hybridized carbons (Fsp3) is 0.500. The summed E-state index contributed by atoms with van der Waals surface area (Å²) >= 11 is 0. The number of hydrogen-bond acceptors (Lipinski definition) is 9. The molecular weight excluding hydrogens is 559 g/mol. The first-order valence-electron chi connectivity index (χ1n) is 16.1. The highest BCUT2D eigenvalue weighted by Gasteiger charge is 2.50.